The summed E-state index contributed by atoms with van der Waals surface area (Å²) in [5.41, 5.74) is 0. The van der Waals surface area contributed by atoms with Gasteiger partial charge in [0.25, 0.3) is 0 Å². The van der Waals surface area contributed by atoms with Gasteiger partial charge in [0, 0.05) is 18.7 Å². The van der Waals surface area contributed by atoms with Crippen LogP contribution < -0.4 is 5.32 Å². The Bertz CT molecular complexity index is 377. The van der Waals surface area contributed by atoms with Crippen molar-refractivity contribution >= 4 is 0 Å². The highest BCUT2D eigenvalue weighted by Crippen LogP contribution is 2.38. The smallest absolute Gasteiger partial charge is 0.137 e. The monoisotopic (exact) mass is 264 g/mol. The fraction of sp³-hybridized carbons (Fsp3) is 0.857. The molecule has 3 rings (SSSR count). The van der Waals surface area contributed by atoms with Crippen LogP contribution in [0.1, 0.15) is 39.0 Å². The van der Waals surface area contributed by atoms with Crippen molar-refractivity contribution in [1.82, 2.24) is 20.1 Å². The van der Waals surface area contributed by atoms with Crippen LogP contribution in [0.4, 0.5) is 0 Å². The van der Waals surface area contributed by atoms with Gasteiger partial charge in [0.15, 0.2) is 0 Å². The minimum absolute atomic E-state index is 0.477. The highest BCUT2D eigenvalue weighted by molar-refractivity contribution is 4.89. The average molecular weight is 264 g/mol. The molecule has 5 heteroatoms. The van der Waals surface area contributed by atoms with Gasteiger partial charge in [-0.05, 0) is 38.0 Å². The molecule has 0 radical (unpaired) electrons. The fourth-order valence-corrected chi connectivity index (χ4v) is 2.96. The van der Waals surface area contributed by atoms with E-state index in [1.165, 1.54) is 19.3 Å². The predicted molar refractivity (Wildman–Crippen MR) is 72.7 cm³/mol. The number of hydrogen-bond donors (Lipinski definition) is 1. The molecule has 1 N–H and O–H groups in total. The first-order valence-corrected chi connectivity index (χ1v) is 7.55. The van der Waals surface area contributed by atoms with E-state index in [4.69, 9.17) is 4.74 Å². The van der Waals surface area contributed by atoms with E-state index >= 15 is 0 Å². The van der Waals surface area contributed by atoms with Crippen LogP contribution in [-0.2, 0) is 11.3 Å². The molecule has 0 spiro atoms. The summed E-state index contributed by atoms with van der Waals surface area (Å²) in [6.45, 7) is 4.05. The van der Waals surface area contributed by atoms with Gasteiger partial charge in [-0.1, -0.05) is 6.92 Å². The van der Waals surface area contributed by atoms with Gasteiger partial charge in [0.2, 0.25) is 0 Å². The van der Waals surface area contributed by atoms with Crippen LogP contribution in [0.3, 0.4) is 0 Å². The molecule has 0 bridgehead atoms. The zero-order valence-corrected chi connectivity index (χ0v) is 11.7. The van der Waals surface area contributed by atoms with Crippen LogP contribution in [0.25, 0.3) is 0 Å². The zero-order valence-electron chi connectivity index (χ0n) is 11.7. The van der Waals surface area contributed by atoms with Gasteiger partial charge in [-0.15, -0.1) is 0 Å². The van der Waals surface area contributed by atoms with Crippen molar-refractivity contribution in [2.45, 2.75) is 63.8 Å². The minimum atomic E-state index is 0.477. The molecule has 3 unspecified atom stereocenters. The largest absolute Gasteiger partial charge is 0.378 e. The van der Waals surface area contributed by atoms with Crippen LogP contribution in [0, 0.1) is 5.92 Å². The Labute approximate surface area is 114 Å². The quantitative estimate of drug-likeness (QED) is 0.848. The van der Waals surface area contributed by atoms with Gasteiger partial charge in [-0.2, -0.15) is 5.10 Å². The number of nitrogens with one attached hydrogen (secondary N) is 1. The molecule has 0 amide bonds. The van der Waals surface area contributed by atoms with Gasteiger partial charge in [-0.25, -0.2) is 4.98 Å². The maximum absolute atomic E-state index is 5.89. The number of hydrogen-bond acceptors (Lipinski definition) is 4. The topological polar surface area (TPSA) is 52.0 Å². The van der Waals surface area contributed by atoms with E-state index in [0.29, 0.717) is 18.2 Å². The lowest BCUT2D eigenvalue weighted by molar-refractivity contribution is -0.0132. The Balaban J connectivity index is 1.50. The van der Waals surface area contributed by atoms with Crippen LogP contribution in [0.2, 0.25) is 0 Å². The van der Waals surface area contributed by atoms with Crippen LogP contribution >= 0.6 is 0 Å². The fourth-order valence-electron chi connectivity index (χ4n) is 2.96. The maximum Gasteiger partial charge on any atom is 0.137 e. The van der Waals surface area contributed by atoms with Gasteiger partial charge in [0.1, 0.15) is 12.7 Å². The Kier molecular flexibility index (Phi) is 4.13. The van der Waals surface area contributed by atoms with E-state index in [1.54, 1.807) is 12.7 Å². The van der Waals surface area contributed by atoms with E-state index in [9.17, 15) is 0 Å². The first-order chi connectivity index (χ1) is 9.35. The summed E-state index contributed by atoms with van der Waals surface area (Å²) < 4.78 is 7.80. The van der Waals surface area contributed by atoms with Crippen LogP contribution in [-0.4, -0.2) is 39.6 Å². The lowest BCUT2D eigenvalue weighted by atomic mass is 9.99. The molecule has 1 aromatic heterocycles. The molecule has 2 fully saturated rings. The Morgan fingerprint density at radius 1 is 1.42 bits per heavy atom. The molecule has 1 aliphatic carbocycles. The third-order valence-electron chi connectivity index (χ3n) is 4.30. The third kappa shape index (κ3) is 3.54. The number of aromatic nitrogens is 3. The summed E-state index contributed by atoms with van der Waals surface area (Å²) in [5.74, 6) is 0.847. The molecule has 1 aliphatic heterocycles. The van der Waals surface area contributed by atoms with Crippen molar-refractivity contribution in [2.24, 2.45) is 5.92 Å². The molecule has 1 saturated carbocycles. The van der Waals surface area contributed by atoms with Crippen molar-refractivity contribution in [2.75, 3.05) is 6.61 Å². The van der Waals surface area contributed by atoms with Gasteiger partial charge < -0.3 is 10.1 Å². The SMILES string of the molecule is CCC(Cn1cncn1)NC1CCOC(C2CC2)C1. The summed E-state index contributed by atoms with van der Waals surface area (Å²) in [6.07, 6.45) is 10.1. The molecule has 106 valence electrons. The molecule has 3 atom stereocenters. The molecule has 1 aromatic rings. The Morgan fingerprint density at radius 3 is 3.00 bits per heavy atom. The van der Waals surface area contributed by atoms with Crippen molar-refractivity contribution in [3.8, 4) is 0 Å². The van der Waals surface area contributed by atoms with E-state index in [-0.39, 0.29) is 0 Å². The molecular weight excluding hydrogens is 240 g/mol. The van der Waals surface area contributed by atoms with Gasteiger partial charge in [-0.3, -0.25) is 4.68 Å². The molecule has 2 aliphatic rings. The summed E-state index contributed by atoms with van der Waals surface area (Å²) in [5, 5.41) is 7.98. The molecule has 0 aromatic carbocycles. The van der Waals surface area contributed by atoms with E-state index in [2.05, 4.69) is 22.3 Å². The molecular formula is C14H24N4O. The van der Waals surface area contributed by atoms with E-state index < -0.39 is 0 Å². The molecule has 5 nitrogen and oxygen atoms in total. The summed E-state index contributed by atoms with van der Waals surface area (Å²) in [7, 11) is 0. The van der Waals surface area contributed by atoms with Gasteiger partial charge in [0.05, 0.1) is 12.6 Å². The van der Waals surface area contributed by atoms with E-state index in [1.807, 2.05) is 4.68 Å². The number of rotatable bonds is 6. The Hall–Kier alpha value is -0.940. The first kappa shape index (κ1) is 13.1. The van der Waals surface area contributed by atoms with Crippen molar-refractivity contribution < 1.29 is 4.74 Å². The molecule has 19 heavy (non-hydrogen) atoms. The first-order valence-electron chi connectivity index (χ1n) is 7.55. The highest BCUT2D eigenvalue weighted by Gasteiger charge is 2.36. The van der Waals surface area contributed by atoms with Crippen molar-refractivity contribution in [3.63, 3.8) is 0 Å². The second kappa shape index (κ2) is 6.01. The summed E-state index contributed by atoms with van der Waals surface area (Å²) in [6, 6.07) is 1.08. The van der Waals surface area contributed by atoms with Crippen molar-refractivity contribution in [1.29, 1.82) is 0 Å². The lowest BCUT2D eigenvalue weighted by Gasteiger charge is -2.33. The molecule has 1 saturated heterocycles. The second-order valence-electron chi connectivity index (χ2n) is 5.86. The highest BCUT2D eigenvalue weighted by atomic mass is 16.5. The van der Waals surface area contributed by atoms with Crippen LogP contribution in [0.15, 0.2) is 12.7 Å². The summed E-state index contributed by atoms with van der Waals surface area (Å²) >= 11 is 0. The summed E-state index contributed by atoms with van der Waals surface area (Å²) in [4.78, 5) is 4.00. The van der Waals surface area contributed by atoms with Crippen LogP contribution in [0.5, 0.6) is 0 Å². The second-order valence-corrected chi connectivity index (χ2v) is 5.86. The van der Waals surface area contributed by atoms with E-state index in [0.717, 1.165) is 31.9 Å². The Morgan fingerprint density at radius 2 is 2.32 bits per heavy atom. The lowest BCUT2D eigenvalue weighted by Crippen LogP contribution is -2.46. The van der Waals surface area contributed by atoms with Crippen molar-refractivity contribution in [3.05, 3.63) is 12.7 Å². The predicted octanol–water partition coefficient (Wildman–Crippen LogP) is 1.60. The maximum atomic E-state index is 5.89. The number of ether oxygens (including phenoxy) is 1. The molecule has 2 heterocycles. The third-order valence-corrected chi connectivity index (χ3v) is 4.30. The normalized spacial score (nSPS) is 29.3. The minimum Gasteiger partial charge on any atom is -0.378 e. The zero-order chi connectivity index (χ0) is 13.1. The standard InChI is InChI=1S/C14H24N4O/c1-2-12(8-18-10-15-9-16-18)17-13-5-6-19-14(7-13)11-3-4-11/h9-14,17H,2-8H2,1H3. The van der Waals surface area contributed by atoms with Gasteiger partial charge >= 0.3 is 0 Å². The number of nitrogens with zero attached hydrogens (tertiary/aromatic N) is 3. The average Bonchev–Trinajstić information content (AvgIpc) is 3.17.